The fourth-order valence-electron chi connectivity index (χ4n) is 1.74. The molecule has 2 aromatic rings. The Balaban J connectivity index is 2.07. The van der Waals surface area contributed by atoms with Crippen LogP contribution in [0.1, 0.15) is 11.1 Å². The maximum absolute atomic E-state index is 7.53. The minimum Gasteiger partial charge on any atom is -0.489 e. The first-order valence-electron chi connectivity index (χ1n) is 5.90. The van der Waals surface area contributed by atoms with Gasteiger partial charge in [0.05, 0.1) is 0 Å². The van der Waals surface area contributed by atoms with E-state index in [9.17, 15) is 0 Å². The van der Waals surface area contributed by atoms with Gasteiger partial charge in [-0.1, -0.05) is 24.3 Å². The Morgan fingerprint density at radius 3 is 2.47 bits per heavy atom. The van der Waals surface area contributed by atoms with Crippen molar-refractivity contribution in [3.05, 3.63) is 59.7 Å². The zero-order valence-electron chi connectivity index (χ0n) is 10.7. The first kappa shape index (κ1) is 13.5. The summed E-state index contributed by atoms with van der Waals surface area (Å²) in [5.74, 6) is 0.882. The summed E-state index contributed by atoms with van der Waals surface area (Å²) >= 11 is 1.70. The van der Waals surface area contributed by atoms with Crippen LogP contribution in [0.2, 0.25) is 0 Å². The smallest absolute Gasteiger partial charge is 0.123 e. The molecule has 0 spiro atoms. The summed E-state index contributed by atoms with van der Waals surface area (Å²) in [6.07, 6.45) is 2.04. The highest BCUT2D eigenvalue weighted by Gasteiger charge is 2.05. The largest absolute Gasteiger partial charge is 0.489 e. The van der Waals surface area contributed by atoms with Crippen molar-refractivity contribution in [3.8, 4) is 5.75 Å². The predicted octanol–water partition coefficient (Wildman–Crippen LogP) is 3.27. The predicted molar refractivity (Wildman–Crippen MR) is 80.0 cm³/mol. The van der Waals surface area contributed by atoms with Gasteiger partial charge >= 0.3 is 0 Å². The van der Waals surface area contributed by atoms with Crippen molar-refractivity contribution >= 4 is 17.6 Å². The van der Waals surface area contributed by atoms with Gasteiger partial charge in [0.1, 0.15) is 18.2 Å². The van der Waals surface area contributed by atoms with E-state index < -0.39 is 0 Å². The lowest BCUT2D eigenvalue weighted by Gasteiger charge is -2.10. The van der Waals surface area contributed by atoms with Crippen LogP contribution >= 0.6 is 11.8 Å². The number of thioether (sulfide) groups is 1. The van der Waals surface area contributed by atoms with E-state index >= 15 is 0 Å². The topological polar surface area (TPSA) is 59.1 Å². The Bertz CT molecular complexity index is 567. The van der Waals surface area contributed by atoms with Crippen LogP contribution in [0.25, 0.3) is 0 Å². The number of ether oxygens (including phenoxy) is 1. The number of nitrogens with one attached hydrogen (secondary N) is 1. The van der Waals surface area contributed by atoms with Gasteiger partial charge in [-0.25, -0.2) is 0 Å². The second-order valence-electron chi connectivity index (χ2n) is 4.04. The normalized spacial score (nSPS) is 10.2. The lowest BCUT2D eigenvalue weighted by molar-refractivity contribution is 0.306. The van der Waals surface area contributed by atoms with Crippen molar-refractivity contribution in [1.29, 1.82) is 5.41 Å². The van der Waals surface area contributed by atoms with Gasteiger partial charge < -0.3 is 10.5 Å². The quantitative estimate of drug-likeness (QED) is 0.499. The number of rotatable bonds is 5. The van der Waals surface area contributed by atoms with E-state index in [0.717, 1.165) is 16.9 Å². The van der Waals surface area contributed by atoms with Crippen molar-refractivity contribution in [2.45, 2.75) is 11.5 Å². The van der Waals surface area contributed by atoms with Gasteiger partial charge in [-0.3, -0.25) is 5.41 Å². The van der Waals surface area contributed by atoms with Crippen molar-refractivity contribution in [2.24, 2.45) is 5.73 Å². The van der Waals surface area contributed by atoms with Crippen LogP contribution in [0.3, 0.4) is 0 Å². The number of amidine groups is 1. The van der Waals surface area contributed by atoms with Gasteiger partial charge in [-0.05, 0) is 30.5 Å². The first-order chi connectivity index (χ1) is 9.20. The lowest BCUT2D eigenvalue weighted by Crippen LogP contribution is -2.14. The molecule has 0 unspecified atom stereocenters. The maximum Gasteiger partial charge on any atom is 0.123 e. The molecule has 0 fully saturated rings. The second-order valence-corrected chi connectivity index (χ2v) is 4.91. The van der Waals surface area contributed by atoms with Crippen molar-refractivity contribution in [1.82, 2.24) is 0 Å². The lowest BCUT2D eigenvalue weighted by atomic mass is 10.1. The molecule has 0 saturated carbocycles. The van der Waals surface area contributed by atoms with Crippen LogP contribution in [-0.4, -0.2) is 12.1 Å². The molecule has 3 N–H and O–H groups in total. The Labute approximate surface area is 117 Å². The molecule has 3 nitrogen and oxygen atoms in total. The molecule has 0 aliphatic carbocycles. The SMILES string of the molecule is CSc1ccc(OCc2ccccc2C(=N)N)cc1. The van der Waals surface area contributed by atoms with Gasteiger partial charge in [0.15, 0.2) is 0 Å². The average Bonchev–Trinajstić information content (AvgIpc) is 2.46. The molecule has 0 atom stereocenters. The zero-order valence-corrected chi connectivity index (χ0v) is 11.5. The standard InChI is InChI=1S/C15H16N2OS/c1-19-13-8-6-12(7-9-13)18-10-11-4-2-3-5-14(11)15(16)17/h2-9H,10H2,1H3,(H3,16,17). The number of hydrogen-bond acceptors (Lipinski definition) is 3. The molecule has 0 amide bonds. The third-order valence-electron chi connectivity index (χ3n) is 2.76. The minimum atomic E-state index is 0.0666. The molecule has 0 aromatic heterocycles. The molecule has 0 radical (unpaired) electrons. The summed E-state index contributed by atoms with van der Waals surface area (Å²) in [7, 11) is 0. The second kappa shape index (κ2) is 6.29. The van der Waals surface area contributed by atoms with Crippen LogP contribution in [0.5, 0.6) is 5.75 Å². The Kier molecular flexibility index (Phi) is 4.47. The summed E-state index contributed by atoms with van der Waals surface area (Å²) in [5.41, 5.74) is 7.19. The van der Waals surface area contributed by atoms with Crippen molar-refractivity contribution < 1.29 is 4.74 Å². The Morgan fingerprint density at radius 2 is 1.84 bits per heavy atom. The molecule has 0 saturated heterocycles. The van der Waals surface area contributed by atoms with E-state index in [4.69, 9.17) is 15.9 Å². The Morgan fingerprint density at radius 1 is 1.16 bits per heavy atom. The molecular weight excluding hydrogens is 256 g/mol. The van der Waals surface area contributed by atoms with Crippen molar-refractivity contribution in [3.63, 3.8) is 0 Å². The van der Waals surface area contributed by atoms with Crippen LogP contribution in [0.4, 0.5) is 0 Å². The molecule has 2 aromatic carbocycles. The number of nitrogen functional groups attached to an aromatic ring is 1. The molecule has 0 aliphatic rings. The molecule has 4 heteroatoms. The minimum absolute atomic E-state index is 0.0666. The molecular formula is C15H16N2OS. The van der Waals surface area contributed by atoms with E-state index in [1.807, 2.05) is 54.8 Å². The molecule has 0 bridgehead atoms. The molecule has 2 rings (SSSR count). The van der Waals surface area contributed by atoms with E-state index in [1.165, 1.54) is 4.90 Å². The maximum atomic E-state index is 7.53. The Hall–Kier alpha value is -1.94. The van der Waals surface area contributed by atoms with Crippen molar-refractivity contribution in [2.75, 3.05) is 6.26 Å². The summed E-state index contributed by atoms with van der Waals surface area (Å²) < 4.78 is 5.72. The van der Waals surface area contributed by atoms with Gasteiger partial charge in [0, 0.05) is 16.0 Å². The third kappa shape index (κ3) is 3.51. The fraction of sp³-hybridized carbons (Fsp3) is 0.133. The number of benzene rings is 2. The molecule has 0 heterocycles. The highest BCUT2D eigenvalue weighted by Crippen LogP contribution is 2.20. The summed E-state index contributed by atoms with van der Waals surface area (Å²) in [5, 5.41) is 7.53. The first-order valence-corrected chi connectivity index (χ1v) is 7.12. The summed E-state index contributed by atoms with van der Waals surface area (Å²) in [6, 6.07) is 15.5. The van der Waals surface area contributed by atoms with E-state index in [2.05, 4.69) is 0 Å². The van der Waals surface area contributed by atoms with Gasteiger partial charge in [-0.15, -0.1) is 11.8 Å². The van der Waals surface area contributed by atoms with Gasteiger partial charge in [-0.2, -0.15) is 0 Å². The van der Waals surface area contributed by atoms with Crippen LogP contribution < -0.4 is 10.5 Å². The van der Waals surface area contributed by atoms with Crippen LogP contribution in [0, 0.1) is 5.41 Å². The van der Waals surface area contributed by atoms with Gasteiger partial charge in [0.2, 0.25) is 0 Å². The van der Waals surface area contributed by atoms with E-state index in [0.29, 0.717) is 6.61 Å². The monoisotopic (exact) mass is 272 g/mol. The third-order valence-corrected chi connectivity index (χ3v) is 3.50. The molecule has 19 heavy (non-hydrogen) atoms. The van der Waals surface area contributed by atoms with E-state index in [1.54, 1.807) is 11.8 Å². The molecule has 98 valence electrons. The average molecular weight is 272 g/mol. The summed E-state index contributed by atoms with van der Waals surface area (Å²) in [4.78, 5) is 1.21. The fourth-order valence-corrected chi connectivity index (χ4v) is 2.15. The number of nitrogens with two attached hydrogens (primary N) is 1. The summed E-state index contributed by atoms with van der Waals surface area (Å²) in [6.45, 7) is 0.411. The highest BCUT2D eigenvalue weighted by molar-refractivity contribution is 7.98. The van der Waals surface area contributed by atoms with Crippen LogP contribution in [-0.2, 0) is 6.61 Å². The number of hydrogen-bond donors (Lipinski definition) is 2. The van der Waals surface area contributed by atoms with Gasteiger partial charge in [0.25, 0.3) is 0 Å². The highest BCUT2D eigenvalue weighted by atomic mass is 32.2. The van der Waals surface area contributed by atoms with E-state index in [-0.39, 0.29) is 5.84 Å². The molecule has 0 aliphatic heterocycles. The zero-order chi connectivity index (χ0) is 13.7. The van der Waals surface area contributed by atoms with Crippen LogP contribution in [0.15, 0.2) is 53.4 Å².